The molecule has 1 aromatic carbocycles. The van der Waals surface area contributed by atoms with Crippen molar-refractivity contribution >= 4 is 11.5 Å². The van der Waals surface area contributed by atoms with E-state index >= 15 is 0 Å². The summed E-state index contributed by atoms with van der Waals surface area (Å²) in [5.41, 5.74) is 0.870. The Morgan fingerprint density at radius 1 is 1.07 bits per heavy atom. The lowest BCUT2D eigenvalue weighted by Gasteiger charge is -1.88. The first-order valence-electron chi connectivity index (χ1n) is 3.98. The third-order valence-electron chi connectivity index (χ3n) is 1.45. The number of benzene rings is 1. The zero-order valence-electron chi connectivity index (χ0n) is 7.66. The molecule has 0 bridgehead atoms. The molecule has 2 rings (SSSR count). The predicted molar refractivity (Wildman–Crippen MR) is 55.8 cm³/mol. The first-order chi connectivity index (χ1) is 7.38. The molecule has 0 aliphatic heterocycles. The van der Waals surface area contributed by atoms with Gasteiger partial charge in [-0.25, -0.2) is 0 Å². The van der Waals surface area contributed by atoms with E-state index in [9.17, 15) is 0 Å². The molecule has 0 aliphatic carbocycles. The van der Waals surface area contributed by atoms with E-state index in [0.717, 1.165) is 0 Å². The average molecular weight is 214 g/mol. The van der Waals surface area contributed by atoms with Gasteiger partial charge in [0.15, 0.2) is 0 Å². The summed E-state index contributed by atoms with van der Waals surface area (Å²) < 4.78 is 3.51. The summed E-state index contributed by atoms with van der Waals surface area (Å²) in [4.78, 5) is 0. The lowest BCUT2D eigenvalue weighted by atomic mass is 10.1. The van der Waals surface area contributed by atoms with Gasteiger partial charge in [-0.2, -0.15) is 10.5 Å². The zero-order valence-corrected chi connectivity index (χ0v) is 8.48. The molecule has 0 unspecified atom stereocenters. The van der Waals surface area contributed by atoms with E-state index in [-0.39, 0.29) is 0 Å². The second-order valence-corrected chi connectivity index (χ2v) is 3.00. The highest BCUT2D eigenvalue weighted by molar-refractivity contribution is 7.03. The van der Waals surface area contributed by atoms with Gasteiger partial charge >= 0.3 is 0 Å². The number of hydrogen-bond acceptors (Lipinski definition) is 5. The van der Waals surface area contributed by atoms with Gasteiger partial charge < -0.3 is 0 Å². The van der Waals surface area contributed by atoms with Crippen molar-refractivity contribution in [2.24, 2.45) is 0 Å². The van der Waals surface area contributed by atoms with Gasteiger partial charge in [0.05, 0.1) is 17.3 Å². The fraction of sp³-hybridized carbons (Fsp3) is 0. The molecule has 0 fully saturated rings. The second-order valence-electron chi connectivity index (χ2n) is 2.36. The maximum atomic E-state index is 8.45. The Morgan fingerprint density at radius 2 is 1.67 bits per heavy atom. The van der Waals surface area contributed by atoms with E-state index in [1.807, 2.05) is 17.5 Å². The molecule has 72 valence electrons. The molecule has 4 nitrogen and oxygen atoms in total. The van der Waals surface area contributed by atoms with E-state index in [4.69, 9.17) is 10.5 Å². The maximum absolute atomic E-state index is 8.45. The molecule has 5 heteroatoms. The lowest BCUT2D eigenvalue weighted by molar-refractivity contribution is 1.16. The van der Waals surface area contributed by atoms with Crippen molar-refractivity contribution in [2.45, 2.75) is 0 Å². The Morgan fingerprint density at radius 3 is 1.93 bits per heavy atom. The van der Waals surface area contributed by atoms with Crippen LogP contribution in [0.15, 0.2) is 35.8 Å². The molecule has 0 saturated carbocycles. The molecular weight excluding hydrogens is 208 g/mol. The van der Waals surface area contributed by atoms with Crippen LogP contribution < -0.4 is 0 Å². The van der Waals surface area contributed by atoms with Crippen molar-refractivity contribution in [1.29, 1.82) is 10.5 Å². The maximum Gasteiger partial charge on any atom is 0.101 e. The van der Waals surface area contributed by atoms with Gasteiger partial charge in [-0.15, -0.1) is 5.10 Å². The molecule has 1 heterocycles. The average Bonchev–Trinajstić information content (AvgIpc) is 2.87. The van der Waals surface area contributed by atoms with E-state index in [1.165, 1.54) is 11.5 Å². The van der Waals surface area contributed by atoms with E-state index < -0.39 is 0 Å². The second kappa shape index (κ2) is 6.25. The zero-order chi connectivity index (χ0) is 10.9. The van der Waals surface area contributed by atoms with Crippen LogP contribution in [0.2, 0.25) is 0 Å². The topological polar surface area (TPSA) is 73.4 Å². The molecule has 0 saturated heterocycles. The Balaban J connectivity index is 0.000000187. The Hall–Kier alpha value is -2.24. The minimum Gasteiger partial charge on any atom is -0.192 e. The highest BCUT2D eigenvalue weighted by atomic mass is 32.1. The van der Waals surface area contributed by atoms with Crippen LogP contribution in [-0.4, -0.2) is 9.59 Å². The molecular formula is C10H6N4S. The highest BCUT2D eigenvalue weighted by Crippen LogP contribution is 2.03. The number of hydrogen-bond donors (Lipinski definition) is 0. The summed E-state index contributed by atoms with van der Waals surface area (Å²) in [7, 11) is 0. The third-order valence-corrected chi connectivity index (χ3v) is 1.88. The number of nitriles is 2. The highest BCUT2D eigenvalue weighted by Gasteiger charge is 1.95. The molecule has 0 aliphatic rings. The molecule has 0 atom stereocenters. The standard InChI is InChI=1S/C8H4N2.C2H2N2S/c9-5-7-3-1-2-4-8(7)6-10;1-2-5-4-3-1/h1-4H;1-2H. The van der Waals surface area contributed by atoms with Crippen molar-refractivity contribution in [3.05, 3.63) is 47.0 Å². The normalized spacial score (nSPS) is 7.87. The van der Waals surface area contributed by atoms with Crippen LogP contribution in [-0.2, 0) is 0 Å². The smallest absolute Gasteiger partial charge is 0.101 e. The van der Waals surface area contributed by atoms with Gasteiger partial charge in [0.25, 0.3) is 0 Å². The van der Waals surface area contributed by atoms with Gasteiger partial charge in [0.2, 0.25) is 0 Å². The summed E-state index contributed by atoms with van der Waals surface area (Å²) in [5.74, 6) is 0. The van der Waals surface area contributed by atoms with Crippen LogP contribution in [0.1, 0.15) is 11.1 Å². The van der Waals surface area contributed by atoms with Gasteiger partial charge in [-0.05, 0) is 23.7 Å². The molecule has 0 spiro atoms. The number of nitrogens with zero attached hydrogens (tertiary/aromatic N) is 4. The van der Waals surface area contributed by atoms with Crippen LogP contribution in [0.3, 0.4) is 0 Å². The minimum absolute atomic E-state index is 0.435. The Kier molecular flexibility index (Phi) is 4.52. The van der Waals surface area contributed by atoms with Crippen LogP contribution in [0.25, 0.3) is 0 Å². The van der Waals surface area contributed by atoms with Crippen LogP contribution in [0, 0.1) is 22.7 Å². The third kappa shape index (κ3) is 3.55. The predicted octanol–water partition coefficient (Wildman–Crippen LogP) is 1.97. The van der Waals surface area contributed by atoms with Gasteiger partial charge in [0.1, 0.15) is 12.1 Å². The summed E-state index contributed by atoms with van der Waals surface area (Å²) in [6, 6.07) is 10.6. The fourth-order valence-corrected chi connectivity index (χ4v) is 1.09. The van der Waals surface area contributed by atoms with Crippen molar-refractivity contribution in [3.63, 3.8) is 0 Å². The van der Waals surface area contributed by atoms with E-state index in [2.05, 4.69) is 9.59 Å². The molecule has 1 aromatic heterocycles. The molecule has 15 heavy (non-hydrogen) atoms. The monoisotopic (exact) mass is 214 g/mol. The van der Waals surface area contributed by atoms with Gasteiger partial charge in [-0.1, -0.05) is 16.6 Å². The minimum atomic E-state index is 0.435. The summed E-state index contributed by atoms with van der Waals surface area (Å²) in [6.45, 7) is 0. The van der Waals surface area contributed by atoms with Crippen molar-refractivity contribution < 1.29 is 0 Å². The molecule has 0 amide bonds. The number of rotatable bonds is 0. The van der Waals surface area contributed by atoms with Crippen molar-refractivity contribution in [3.8, 4) is 12.1 Å². The largest absolute Gasteiger partial charge is 0.192 e. The lowest BCUT2D eigenvalue weighted by Crippen LogP contribution is -1.79. The fourth-order valence-electron chi connectivity index (χ4n) is 0.814. The summed E-state index contributed by atoms with van der Waals surface area (Å²) in [5, 5.41) is 22.2. The first-order valence-corrected chi connectivity index (χ1v) is 4.82. The molecule has 0 N–H and O–H groups in total. The SMILES string of the molecule is N#Cc1ccccc1C#N.c1csnn1. The van der Waals surface area contributed by atoms with Crippen molar-refractivity contribution in [2.75, 3.05) is 0 Å². The molecule has 0 radical (unpaired) electrons. The Labute approximate surface area is 91.2 Å². The first kappa shape index (κ1) is 10.8. The van der Waals surface area contributed by atoms with Crippen LogP contribution in [0.4, 0.5) is 0 Å². The van der Waals surface area contributed by atoms with Gasteiger partial charge in [-0.3, -0.25) is 0 Å². The number of aromatic nitrogens is 2. The van der Waals surface area contributed by atoms with E-state index in [1.54, 1.807) is 30.5 Å². The van der Waals surface area contributed by atoms with Crippen LogP contribution in [0.5, 0.6) is 0 Å². The Bertz CT molecular complexity index is 429. The van der Waals surface area contributed by atoms with E-state index in [0.29, 0.717) is 11.1 Å². The summed E-state index contributed by atoms with van der Waals surface area (Å²) >= 11 is 1.35. The van der Waals surface area contributed by atoms with Gasteiger partial charge in [0, 0.05) is 5.38 Å². The molecule has 2 aromatic rings. The van der Waals surface area contributed by atoms with Crippen molar-refractivity contribution in [1.82, 2.24) is 9.59 Å². The summed E-state index contributed by atoms with van der Waals surface area (Å²) in [6.07, 6.45) is 1.66. The quantitative estimate of drug-likeness (QED) is 0.672. The van der Waals surface area contributed by atoms with Crippen LogP contribution >= 0.6 is 11.5 Å².